The smallest absolute Gasteiger partial charge is 0.340 e. The minimum Gasteiger partial charge on any atom is -0.455 e. The molecule has 1 aromatic carbocycles. The molecular weight excluding hydrogens is 382 g/mol. The normalized spacial score (nSPS) is 13.6. The average Bonchev–Trinajstić information content (AvgIpc) is 3.47. The van der Waals surface area contributed by atoms with Gasteiger partial charge in [-0.3, -0.25) is 10.1 Å². The Morgan fingerprint density at radius 2 is 2.14 bits per heavy atom. The van der Waals surface area contributed by atoms with E-state index in [9.17, 15) is 14.9 Å². The minimum atomic E-state index is -0.619. The van der Waals surface area contributed by atoms with Gasteiger partial charge in [0, 0.05) is 25.2 Å². The van der Waals surface area contributed by atoms with Crippen molar-refractivity contribution in [3.8, 4) is 10.8 Å². The van der Waals surface area contributed by atoms with Gasteiger partial charge in [0.2, 0.25) is 5.89 Å². The van der Waals surface area contributed by atoms with E-state index in [-0.39, 0.29) is 17.9 Å². The molecule has 1 fully saturated rings. The molecule has 0 unspecified atom stereocenters. The van der Waals surface area contributed by atoms with Gasteiger partial charge in [0.1, 0.15) is 18.6 Å². The number of rotatable bonds is 6. The summed E-state index contributed by atoms with van der Waals surface area (Å²) >= 11 is 1.50. The molecule has 0 amide bonds. The highest BCUT2D eigenvalue weighted by molar-refractivity contribution is 7.13. The van der Waals surface area contributed by atoms with Crippen LogP contribution in [0.2, 0.25) is 0 Å². The van der Waals surface area contributed by atoms with Crippen molar-refractivity contribution < 1.29 is 18.9 Å². The van der Waals surface area contributed by atoms with E-state index in [1.807, 2.05) is 22.4 Å². The number of oxazole rings is 1. The van der Waals surface area contributed by atoms with Crippen LogP contribution in [0.15, 0.2) is 46.4 Å². The van der Waals surface area contributed by atoms with E-state index >= 15 is 0 Å². The summed E-state index contributed by atoms with van der Waals surface area (Å²) in [5.41, 5.74) is 1.19. The lowest BCUT2D eigenvalue weighted by Gasteiger charge is -2.20. The molecule has 2 aromatic heterocycles. The topological polar surface area (TPSA) is 98.7 Å². The maximum Gasteiger partial charge on any atom is 0.340 e. The third kappa shape index (κ3) is 3.74. The van der Waals surface area contributed by atoms with Gasteiger partial charge in [0.05, 0.1) is 21.1 Å². The van der Waals surface area contributed by atoms with Crippen LogP contribution in [0.4, 0.5) is 11.4 Å². The molecule has 0 N–H and O–H groups in total. The molecule has 0 radical (unpaired) electrons. The lowest BCUT2D eigenvalue weighted by atomic mass is 10.1. The van der Waals surface area contributed by atoms with E-state index in [0.717, 1.165) is 30.8 Å². The molecule has 0 atom stereocenters. The number of hydrogen-bond donors (Lipinski definition) is 0. The molecule has 0 bridgehead atoms. The lowest BCUT2D eigenvalue weighted by Crippen LogP contribution is -2.21. The molecule has 3 heterocycles. The molecule has 3 aromatic rings. The van der Waals surface area contributed by atoms with E-state index in [0.29, 0.717) is 17.3 Å². The first kappa shape index (κ1) is 18.2. The van der Waals surface area contributed by atoms with Crippen LogP contribution in [0, 0.1) is 10.1 Å². The summed E-state index contributed by atoms with van der Waals surface area (Å²) in [5, 5.41) is 13.0. The van der Waals surface area contributed by atoms with Crippen molar-refractivity contribution in [2.24, 2.45) is 0 Å². The molecule has 9 heteroatoms. The molecule has 1 saturated heterocycles. The fraction of sp³-hybridized carbons (Fsp3) is 0.263. The van der Waals surface area contributed by atoms with Crippen LogP contribution >= 0.6 is 11.3 Å². The Morgan fingerprint density at radius 3 is 2.86 bits per heavy atom. The summed E-state index contributed by atoms with van der Waals surface area (Å²) in [6, 6.07) is 8.08. The molecular formula is C19H17N3O5S. The van der Waals surface area contributed by atoms with E-state index in [2.05, 4.69) is 4.98 Å². The fourth-order valence-electron chi connectivity index (χ4n) is 3.14. The van der Waals surface area contributed by atoms with E-state index < -0.39 is 10.9 Å². The highest BCUT2D eigenvalue weighted by Crippen LogP contribution is 2.29. The first-order valence-electron chi connectivity index (χ1n) is 8.80. The molecule has 4 rings (SSSR count). The highest BCUT2D eigenvalue weighted by Gasteiger charge is 2.23. The largest absolute Gasteiger partial charge is 0.455 e. The van der Waals surface area contributed by atoms with Crippen molar-refractivity contribution >= 4 is 28.7 Å². The number of nitrogens with zero attached hydrogens (tertiary/aromatic N) is 3. The van der Waals surface area contributed by atoms with Gasteiger partial charge in [-0.15, -0.1) is 11.3 Å². The Labute approximate surface area is 164 Å². The monoisotopic (exact) mass is 399 g/mol. The molecule has 0 saturated carbocycles. The van der Waals surface area contributed by atoms with Crippen LogP contribution in [0.1, 0.15) is 28.9 Å². The maximum atomic E-state index is 12.7. The van der Waals surface area contributed by atoms with E-state index in [1.54, 1.807) is 6.07 Å². The molecule has 1 aliphatic heterocycles. The van der Waals surface area contributed by atoms with Gasteiger partial charge in [0.15, 0.2) is 0 Å². The summed E-state index contributed by atoms with van der Waals surface area (Å²) in [5.74, 6) is -0.152. The summed E-state index contributed by atoms with van der Waals surface area (Å²) < 4.78 is 10.8. The Hall–Kier alpha value is -3.20. The Balaban J connectivity index is 1.52. The number of aromatic nitrogens is 1. The highest BCUT2D eigenvalue weighted by atomic mass is 32.1. The fourth-order valence-corrected chi connectivity index (χ4v) is 3.79. The van der Waals surface area contributed by atoms with Crippen LogP contribution in [-0.4, -0.2) is 29.0 Å². The van der Waals surface area contributed by atoms with E-state index in [4.69, 9.17) is 9.15 Å². The van der Waals surface area contributed by atoms with Gasteiger partial charge in [-0.25, -0.2) is 9.78 Å². The van der Waals surface area contributed by atoms with Crippen molar-refractivity contribution in [3.05, 3.63) is 63.3 Å². The number of nitro groups is 1. The lowest BCUT2D eigenvalue weighted by molar-refractivity contribution is -0.384. The number of carbonyl (C=O) groups excluding carboxylic acids is 1. The number of anilines is 1. The van der Waals surface area contributed by atoms with Gasteiger partial charge in [-0.1, -0.05) is 6.07 Å². The molecule has 1 aliphatic rings. The van der Waals surface area contributed by atoms with Crippen molar-refractivity contribution in [2.75, 3.05) is 18.0 Å². The SMILES string of the molecule is O=C(OCc1coc(-c2cccs2)n1)c1cc([N+](=O)[O-])ccc1N1CCCC1. The molecule has 144 valence electrons. The number of carbonyl (C=O) groups is 1. The zero-order valence-electron chi connectivity index (χ0n) is 14.9. The van der Waals surface area contributed by atoms with Crippen molar-refractivity contribution in [3.63, 3.8) is 0 Å². The number of ether oxygens (including phenoxy) is 1. The zero-order valence-corrected chi connectivity index (χ0v) is 15.7. The van der Waals surface area contributed by atoms with Crippen LogP contribution in [0.25, 0.3) is 10.8 Å². The predicted molar refractivity (Wildman–Crippen MR) is 103 cm³/mol. The first-order valence-corrected chi connectivity index (χ1v) is 9.68. The molecule has 0 aliphatic carbocycles. The first-order chi connectivity index (χ1) is 13.6. The summed E-state index contributed by atoms with van der Waals surface area (Å²) in [6.07, 6.45) is 3.49. The van der Waals surface area contributed by atoms with Crippen LogP contribution in [0.3, 0.4) is 0 Å². The Kier molecular flexibility index (Phi) is 5.07. The second kappa shape index (κ2) is 7.81. The summed E-state index contributed by atoms with van der Waals surface area (Å²) in [4.78, 5) is 30.5. The standard InChI is InChI=1S/C19H17N3O5S/c23-19(27-12-13-11-26-18(20-13)17-4-3-9-28-17)15-10-14(22(24)25)5-6-16(15)21-7-1-2-8-21/h3-6,9-11H,1-2,7-8,12H2. The summed E-state index contributed by atoms with van der Waals surface area (Å²) in [7, 11) is 0. The van der Waals surface area contributed by atoms with Gasteiger partial charge in [-0.05, 0) is 30.4 Å². The van der Waals surface area contributed by atoms with Gasteiger partial charge < -0.3 is 14.1 Å². The van der Waals surface area contributed by atoms with Crippen molar-refractivity contribution in [2.45, 2.75) is 19.4 Å². The Morgan fingerprint density at radius 1 is 1.32 bits per heavy atom. The van der Waals surface area contributed by atoms with Crippen LogP contribution in [0.5, 0.6) is 0 Å². The molecule has 28 heavy (non-hydrogen) atoms. The number of esters is 1. The predicted octanol–water partition coefficient (Wildman–Crippen LogP) is 4.27. The second-order valence-corrected chi connectivity index (χ2v) is 7.30. The van der Waals surface area contributed by atoms with E-state index in [1.165, 1.54) is 29.7 Å². The minimum absolute atomic E-state index is 0.0736. The van der Waals surface area contributed by atoms with Gasteiger partial charge >= 0.3 is 5.97 Å². The molecule has 8 nitrogen and oxygen atoms in total. The number of nitro benzene ring substituents is 1. The number of hydrogen-bond acceptors (Lipinski definition) is 8. The number of non-ortho nitro benzene ring substituents is 1. The third-order valence-corrected chi connectivity index (χ3v) is 5.35. The maximum absolute atomic E-state index is 12.7. The Bertz CT molecular complexity index is 993. The van der Waals surface area contributed by atoms with Crippen LogP contribution < -0.4 is 4.90 Å². The van der Waals surface area contributed by atoms with Gasteiger partial charge in [-0.2, -0.15) is 0 Å². The summed E-state index contributed by atoms with van der Waals surface area (Å²) in [6.45, 7) is 1.55. The quantitative estimate of drug-likeness (QED) is 0.347. The number of benzene rings is 1. The molecule has 0 spiro atoms. The van der Waals surface area contributed by atoms with Crippen molar-refractivity contribution in [1.82, 2.24) is 4.98 Å². The third-order valence-electron chi connectivity index (χ3n) is 4.49. The van der Waals surface area contributed by atoms with Crippen molar-refractivity contribution in [1.29, 1.82) is 0 Å². The number of thiophene rings is 1. The van der Waals surface area contributed by atoms with Gasteiger partial charge in [0.25, 0.3) is 5.69 Å². The van der Waals surface area contributed by atoms with Crippen LogP contribution in [-0.2, 0) is 11.3 Å². The second-order valence-electron chi connectivity index (χ2n) is 6.35. The zero-order chi connectivity index (χ0) is 19.5. The average molecular weight is 399 g/mol.